The quantitative estimate of drug-likeness (QED) is 0.341. The first kappa shape index (κ1) is 8.61. The molecule has 0 radical (unpaired) electrons. The van der Waals surface area contributed by atoms with Crippen LogP contribution in [0.2, 0.25) is 0 Å². The Labute approximate surface area is 70.0 Å². The molecule has 1 aromatic rings. The van der Waals surface area contributed by atoms with Crippen LogP contribution in [0.25, 0.3) is 0 Å². The second-order valence-corrected chi connectivity index (χ2v) is 2.39. The number of nitrogen functional groups attached to an aromatic ring is 1. The maximum atomic E-state index is 11.0. The van der Waals surface area contributed by atoms with Crippen LogP contribution in [0.3, 0.4) is 0 Å². The van der Waals surface area contributed by atoms with Crippen molar-refractivity contribution in [2.75, 3.05) is 0 Å². The summed E-state index contributed by atoms with van der Waals surface area (Å²) in [6, 6.07) is 0. The molecule has 64 valence electrons. The summed E-state index contributed by atoms with van der Waals surface area (Å²) in [5.74, 6) is 5.23. The molecule has 0 spiro atoms. The van der Waals surface area contributed by atoms with Gasteiger partial charge >= 0.3 is 0 Å². The van der Waals surface area contributed by atoms with E-state index in [1.54, 1.807) is 13.8 Å². The summed E-state index contributed by atoms with van der Waals surface area (Å²) in [6.07, 6.45) is 1.46. The van der Waals surface area contributed by atoms with Gasteiger partial charge in [0.15, 0.2) is 0 Å². The molecule has 1 rings (SSSR count). The molecule has 0 saturated carbocycles. The van der Waals surface area contributed by atoms with E-state index in [1.807, 2.05) is 5.43 Å². The first-order valence-corrected chi connectivity index (χ1v) is 3.46. The van der Waals surface area contributed by atoms with E-state index in [4.69, 9.17) is 5.84 Å². The molecule has 0 saturated heterocycles. The van der Waals surface area contributed by atoms with Crippen LogP contribution in [0.5, 0.6) is 0 Å². The lowest BCUT2D eigenvalue weighted by Gasteiger charge is -2.02. The van der Waals surface area contributed by atoms with E-state index in [0.29, 0.717) is 17.1 Å². The van der Waals surface area contributed by atoms with Crippen LogP contribution in [0.1, 0.15) is 21.9 Å². The van der Waals surface area contributed by atoms with Gasteiger partial charge in [0.05, 0.1) is 11.3 Å². The summed E-state index contributed by atoms with van der Waals surface area (Å²) in [5.41, 5.74) is 3.06. The lowest BCUT2D eigenvalue weighted by Crippen LogP contribution is -2.31. The molecule has 0 aliphatic carbocycles. The van der Waals surface area contributed by atoms with Gasteiger partial charge in [-0.2, -0.15) is 0 Å². The van der Waals surface area contributed by atoms with Crippen LogP contribution in [0, 0.1) is 13.8 Å². The number of amides is 1. The van der Waals surface area contributed by atoms with Gasteiger partial charge in [0, 0.05) is 6.20 Å². The number of nitrogens with two attached hydrogens (primary N) is 1. The molecule has 1 aromatic heterocycles. The van der Waals surface area contributed by atoms with Crippen molar-refractivity contribution < 1.29 is 4.79 Å². The Morgan fingerprint density at radius 3 is 2.75 bits per heavy atom. The number of nitrogens with one attached hydrogen (secondary N) is 1. The zero-order valence-electron chi connectivity index (χ0n) is 6.96. The zero-order chi connectivity index (χ0) is 9.14. The maximum Gasteiger partial charge on any atom is 0.268 e. The highest BCUT2D eigenvalue weighted by atomic mass is 16.2. The van der Waals surface area contributed by atoms with Crippen molar-refractivity contribution in [3.8, 4) is 0 Å². The second-order valence-electron chi connectivity index (χ2n) is 2.39. The van der Waals surface area contributed by atoms with E-state index in [9.17, 15) is 4.79 Å². The summed E-state index contributed by atoms with van der Waals surface area (Å²) in [7, 11) is 0. The topological polar surface area (TPSA) is 80.9 Å². The van der Waals surface area contributed by atoms with Gasteiger partial charge in [-0.15, -0.1) is 0 Å². The number of hydrazine groups is 1. The molecule has 0 bridgehead atoms. The normalized spacial score (nSPS) is 9.58. The smallest absolute Gasteiger partial charge is 0.268 e. The third kappa shape index (κ3) is 1.57. The number of aromatic nitrogens is 2. The van der Waals surface area contributed by atoms with Gasteiger partial charge in [0.1, 0.15) is 5.82 Å². The molecular weight excluding hydrogens is 156 g/mol. The zero-order valence-corrected chi connectivity index (χ0v) is 6.96. The highest BCUT2D eigenvalue weighted by Gasteiger charge is 2.08. The predicted molar refractivity (Wildman–Crippen MR) is 43.2 cm³/mol. The average Bonchev–Trinajstić information content (AvgIpc) is 2.03. The standard InChI is InChI=1S/C7H10N4O/c1-4-6(7(12)11-8)3-9-5(2)10-4/h3H,8H2,1-2H3,(H,11,12). The van der Waals surface area contributed by atoms with E-state index in [2.05, 4.69) is 9.97 Å². The monoisotopic (exact) mass is 166 g/mol. The van der Waals surface area contributed by atoms with Crippen LogP contribution < -0.4 is 11.3 Å². The first-order chi connectivity index (χ1) is 5.65. The molecular formula is C7H10N4O. The Kier molecular flexibility index (Phi) is 2.35. The molecule has 0 aliphatic rings. The molecule has 3 N–H and O–H groups in total. The SMILES string of the molecule is Cc1ncc(C(=O)NN)c(C)n1. The van der Waals surface area contributed by atoms with Gasteiger partial charge in [-0.05, 0) is 13.8 Å². The summed E-state index contributed by atoms with van der Waals surface area (Å²) in [6.45, 7) is 3.50. The Balaban J connectivity index is 3.09. The second kappa shape index (κ2) is 3.27. The van der Waals surface area contributed by atoms with Crippen molar-refractivity contribution in [2.45, 2.75) is 13.8 Å². The Hall–Kier alpha value is -1.49. The minimum absolute atomic E-state index is 0.368. The fourth-order valence-electron chi connectivity index (χ4n) is 0.884. The fraction of sp³-hybridized carbons (Fsp3) is 0.286. The molecule has 5 heteroatoms. The maximum absolute atomic E-state index is 11.0. The van der Waals surface area contributed by atoms with Gasteiger partial charge in [0.2, 0.25) is 0 Å². The van der Waals surface area contributed by atoms with Crippen molar-refractivity contribution in [3.63, 3.8) is 0 Å². The van der Waals surface area contributed by atoms with Gasteiger partial charge < -0.3 is 0 Å². The number of hydrogen-bond donors (Lipinski definition) is 2. The lowest BCUT2D eigenvalue weighted by atomic mass is 10.2. The van der Waals surface area contributed by atoms with Crippen molar-refractivity contribution >= 4 is 5.91 Å². The minimum Gasteiger partial charge on any atom is -0.290 e. The predicted octanol–water partition coefficient (Wildman–Crippen LogP) is -0.303. The Morgan fingerprint density at radius 2 is 2.25 bits per heavy atom. The van der Waals surface area contributed by atoms with E-state index in [0.717, 1.165) is 0 Å². The van der Waals surface area contributed by atoms with Crippen LogP contribution in [0.4, 0.5) is 0 Å². The third-order valence-electron chi connectivity index (χ3n) is 1.48. The first-order valence-electron chi connectivity index (χ1n) is 3.46. The Bertz CT molecular complexity index is 310. The third-order valence-corrected chi connectivity index (χ3v) is 1.48. The molecule has 5 nitrogen and oxygen atoms in total. The number of aryl methyl sites for hydroxylation is 2. The minimum atomic E-state index is -0.368. The van der Waals surface area contributed by atoms with Crippen LogP contribution in [0.15, 0.2) is 6.20 Å². The fourth-order valence-corrected chi connectivity index (χ4v) is 0.884. The van der Waals surface area contributed by atoms with E-state index >= 15 is 0 Å². The number of carbonyl (C=O) groups is 1. The van der Waals surface area contributed by atoms with Crippen LogP contribution in [-0.2, 0) is 0 Å². The summed E-state index contributed by atoms with van der Waals surface area (Å²) in [5, 5.41) is 0. The number of hydrogen-bond acceptors (Lipinski definition) is 4. The number of carbonyl (C=O) groups excluding carboxylic acids is 1. The van der Waals surface area contributed by atoms with Crippen LogP contribution in [-0.4, -0.2) is 15.9 Å². The van der Waals surface area contributed by atoms with Crippen molar-refractivity contribution in [2.24, 2.45) is 5.84 Å². The van der Waals surface area contributed by atoms with E-state index < -0.39 is 0 Å². The summed E-state index contributed by atoms with van der Waals surface area (Å²) in [4.78, 5) is 18.9. The molecule has 0 fully saturated rings. The summed E-state index contributed by atoms with van der Waals surface area (Å²) < 4.78 is 0. The van der Waals surface area contributed by atoms with Crippen molar-refractivity contribution in [3.05, 3.63) is 23.3 Å². The highest BCUT2D eigenvalue weighted by molar-refractivity contribution is 5.94. The molecule has 0 unspecified atom stereocenters. The number of nitrogens with zero attached hydrogens (tertiary/aromatic N) is 2. The molecule has 12 heavy (non-hydrogen) atoms. The Morgan fingerprint density at radius 1 is 1.58 bits per heavy atom. The molecule has 0 aromatic carbocycles. The summed E-state index contributed by atoms with van der Waals surface area (Å²) >= 11 is 0. The molecule has 1 amide bonds. The van der Waals surface area contributed by atoms with Gasteiger partial charge in [0.25, 0.3) is 5.91 Å². The lowest BCUT2D eigenvalue weighted by molar-refractivity contribution is 0.0952. The molecule has 0 atom stereocenters. The van der Waals surface area contributed by atoms with Crippen LogP contribution >= 0.6 is 0 Å². The highest BCUT2D eigenvalue weighted by Crippen LogP contribution is 2.02. The largest absolute Gasteiger partial charge is 0.290 e. The number of rotatable bonds is 1. The average molecular weight is 166 g/mol. The van der Waals surface area contributed by atoms with E-state index in [1.165, 1.54) is 6.20 Å². The van der Waals surface area contributed by atoms with Gasteiger partial charge in [-0.1, -0.05) is 0 Å². The molecule has 1 heterocycles. The van der Waals surface area contributed by atoms with E-state index in [-0.39, 0.29) is 5.91 Å². The molecule has 0 aliphatic heterocycles. The van der Waals surface area contributed by atoms with Crippen molar-refractivity contribution in [1.29, 1.82) is 0 Å². The van der Waals surface area contributed by atoms with Gasteiger partial charge in [-0.25, -0.2) is 15.8 Å². The van der Waals surface area contributed by atoms with Crippen molar-refractivity contribution in [1.82, 2.24) is 15.4 Å². The van der Waals surface area contributed by atoms with Gasteiger partial charge in [-0.3, -0.25) is 10.2 Å².